The van der Waals surface area contributed by atoms with Crippen LogP contribution in [0.2, 0.25) is 0 Å². The number of hydrogen-bond donors (Lipinski definition) is 1. The highest BCUT2D eigenvalue weighted by atomic mass is 19.1. The Morgan fingerprint density at radius 3 is 2.47 bits per heavy atom. The van der Waals surface area contributed by atoms with Gasteiger partial charge in [0.25, 0.3) is 0 Å². The summed E-state index contributed by atoms with van der Waals surface area (Å²) in [5.74, 6) is -0.794. The Hall–Kier alpha value is -1.38. The van der Waals surface area contributed by atoms with Gasteiger partial charge in [-0.2, -0.15) is 0 Å². The highest BCUT2D eigenvalue weighted by Crippen LogP contribution is 2.44. The maximum Gasteiger partial charge on any atom is 0.314 e. The van der Waals surface area contributed by atoms with Crippen molar-refractivity contribution in [3.63, 3.8) is 0 Å². The van der Waals surface area contributed by atoms with E-state index in [1.807, 2.05) is 0 Å². The third-order valence-corrected chi connectivity index (χ3v) is 3.72. The van der Waals surface area contributed by atoms with Gasteiger partial charge in [-0.15, -0.1) is 0 Å². The van der Waals surface area contributed by atoms with Crippen molar-refractivity contribution in [3.8, 4) is 0 Å². The molecular formula is C14H17FO2. The molecule has 92 valence electrons. The molecule has 1 saturated carbocycles. The Morgan fingerprint density at radius 1 is 1.41 bits per heavy atom. The molecule has 0 heterocycles. The van der Waals surface area contributed by atoms with Gasteiger partial charge in [-0.1, -0.05) is 30.7 Å². The summed E-state index contributed by atoms with van der Waals surface area (Å²) in [7, 11) is 0. The van der Waals surface area contributed by atoms with E-state index in [4.69, 9.17) is 0 Å². The number of carboxylic acid groups (broad SMARTS) is 1. The van der Waals surface area contributed by atoms with Crippen molar-refractivity contribution in [1.29, 1.82) is 0 Å². The predicted molar refractivity (Wildman–Crippen MR) is 63.7 cm³/mol. The van der Waals surface area contributed by atoms with Crippen molar-refractivity contribution in [2.24, 2.45) is 0 Å². The molecule has 1 aromatic rings. The van der Waals surface area contributed by atoms with Crippen LogP contribution in [-0.4, -0.2) is 11.1 Å². The van der Waals surface area contributed by atoms with E-state index in [0.717, 1.165) is 12.0 Å². The Labute approximate surface area is 100 Å². The smallest absolute Gasteiger partial charge is 0.314 e. The summed E-state index contributed by atoms with van der Waals surface area (Å²) in [5, 5.41) is 9.34. The van der Waals surface area contributed by atoms with Crippen LogP contribution in [0.15, 0.2) is 24.3 Å². The highest BCUT2D eigenvalue weighted by molar-refractivity contribution is 5.82. The lowest BCUT2D eigenvalue weighted by molar-refractivity contribution is -0.147. The van der Waals surface area contributed by atoms with Gasteiger partial charge in [0.15, 0.2) is 0 Å². The first-order valence-corrected chi connectivity index (χ1v) is 5.90. The summed E-state index contributed by atoms with van der Waals surface area (Å²) in [6.45, 7) is 2.97. The zero-order valence-corrected chi connectivity index (χ0v) is 10.2. The highest BCUT2D eigenvalue weighted by Gasteiger charge is 2.46. The van der Waals surface area contributed by atoms with Crippen LogP contribution >= 0.6 is 0 Å². The fraction of sp³-hybridized carbons (Fsp3) is 0.500. The number of rotatable bonds is 3. The zero-order valence-electron chi connectivity index (χ0n) is 10.2. The fourth-order valence-electron chi connectivity index (χ4n) is 2.34. The van der Waals surface area contributed by atoms with E-state index in [1.54, 1.807) is 24.3 Å². The van der Waals surface area contributed by atoms with Crippen LogP contribution in [0.3, 0.4) is 0 Å². The van der Waals surface area contributed by atoms with Gasteiger partial charge in [-0.25, -0.2) is 4.39 Å². The summed E-state index contributed by atoms with van der Waals surface area (Å²) >= 11 is 0. The monoisotopic (exact) mass is 236 g/mol. The Morgan fingerprint density at radius 2 is 2.06 bits per heavy atom. The summed E-state index contributed by atoms with van der Waals surface area (Å²) < 4.78 is 13.9. The third-order valence-electron chi connectivity index (χ3n) is 3.72. The molecule has 2 rings (SSSR count). The van der Waals surface area contributed by atoms with E-state index in [0.29, 0.717) is 18.4 Å². The number of halogens is 1. The zero-order chi connectivity index (χ0) is 12.7. The van der Waals surface area contributed by atoms with Crippen molar-refractivity contribution in [2.45, 2.75) is 44.2 Å². The second-order valence-electron chi connectivity index (χ2n) is 5.29. The predicted octanol–water partition coefficient (Wildman–Crippen LogP) is 3.40. The van der Waals surface area contributed by atoms with Crippen LogP contribution in [0.5, 0.6) is 0 Å². The summed E-state index contributed by atoms with van der Waals surface area (Å²) in [6, 6.07) is 6.95. The summed E-state index contributed by atoms with van der Waals surface area (Å²) in [5.41, 5.74) is -0.928. The van der Waals surface area contributed by atoms with Crippen LogP contribution in [0, 0.1) is 0 Å². The minimum Gasteiger partial charge on any atom is -0.481 e. The number of carbonyl (C=O) groups is 1. The van der Waals surface area contributed by atoms with Gasteiger partial charge in [-0.3, -0.25) is 4.79 Å². The molecule has 0 amide bonds. The fourth-order valence-corrected chi connectivity index (χ4v) is 2.34. The summed E-state index contributed by atoms with van der Waals surface area (Å²) in [4.78, 5) is 11.4. The molecule has 0 atom stereocenters. The van der Waals surface area contributed by atoms with Crippen molar-refractivity contribution < 1.29 is 14.3 Å². The van der Waals surface area contributed by atoms with Crippen LogP contribution in [-0.2, 0) is 15.9 Å². The molecule has 0 aliphatic heterocycles. The van der Waals surface area contributed by atoms with E-state index in [9.17, 15) is 14.3 Å². The Bertz CT molecular complexity index is 442. The average Bonchev–Trinajstić information content (AvgIpc) is 2.14. The largest absolute Gasteiger partial charge is 0.481 e. The lowest BCUT2D eigenvalue weighted by Crippen LogP contribution is -2.42. The van der Waals surface area contributed by atoms with Crippen LogP contribution in [0.1, 0.15) is 44.2 Å². The van der Waals surface area contributed by atoms with Crippen molar-refractivity contribution in [1.82, 2.24) is 0 Å². The number of aliphatic carboxylic acids is 1. The van der Waals surface area contributed by atoms with Crippen molar-refractivity contribution in [3.05, 3.63) is 35.4 Å². The second kappa shape index (κ2) is 3.83. The molecule has 0 spiro atoms. The third kappa shape index (κ3) is 1.94. The number of hydrogen-bond acceptors (Lipinski definition) is 1. The lowest BCUT2D eigenvalue weighted by atomic mass is 9.64. The van der Waals surface area contributed by atoms with Gasteiger partial charge in [0.05, 0.1) is 5.41 Å². The van der Waals surface area contributed by atoms with Gasteiger partial charge >= 0.3 is 5.97 Å². The van der Waals surface area contributed by atoms with Crippen LogP contribution in [0.25, 0.3) is 0 Å². The van der Waals surface area contributed by atoms with E-state index in [2.05, 4.69) is 0 Å². The van der Waals surface area contributed by atoms with Crippen LogP contribution < -0.4 is 0 Å². The molecule has 1 aliphatic carbocycles. The Kier molecular flexibility index (Phi) is 2.72. The van der Waals surface area contributed by atoms with Gasteiger partial charge in [0.2, 0.25) is 0 Å². The SMILES string of the molecule is CC(C)(F)c1cccc(C2(C(=O)O)CCC2)c1. The molecule has 17 heavy (non-hydrogen) atoms. The number of carboxylic acids is 1. The molecule has 0 bridgehead atoms. The standard InChI is InChI=1S/C14H17FO2/c1-13(2,15)10-5-3-6-11(9-10)14(12(16)17)7-4-8-14/h3,5-6,9H,4,7-8H2,1-2H3,(H,16,17). The minimum absolute atomic E-state index is 0.544. The number of alkyl halides is 1. The van der Waals surface area contributed by atoms with Gasteiger partial charge in [0, 0.05) is 0 Å². The molecule has 1 aromatic carbocycles. The Balaban J connectivity index is 2.43. The molecule has 0 saturated heterocycles. The normalized spacial score (nSPS) is 18.5. The van der Waals surface area contributed by atoms with Gasteiger partial charge in [0.1, 0.15) is 5.67 Å². The first kappa shape index (κ1) is 12.1. The molecule has 2 nitrogen and oxygen atoms in total. The maximum atomic E-state index is 13.9. The number of benzene rings is 1. The molecule has 1 aliphatic rings. The molecule has 0 unspecified atom stereocenters. The van der Waals surface area contributed by atoms with Crippen molar-refractivity contribution in [2.75, 3.05) is 0 Å². The van der Waals surface area contributed by atoms with Gasteiger partial charge in [-0.05, 0) is 37.8 Å². The first-order chi connectivity index (χ1) is 7.86. The molecular weight excluding hydrogens is 219 g/mol. The quantitative estimate of drug-likeness (QED) is 0.873. The van der Waals surface area contributed by atoms with E-state index in [1.165, 1.54) is 13.8 Å². The van der Waals surface area contributed by atoms with Crippen LogP contribution in [0.4, 0.5) is 4.39 Å². The summed E-state index contributed by atoms with van der Waals surface area (Å²) in [6.07, 6.45) is 2.23. The molecule has 1 N–H and O–H groups in total. The minimum atomic E-state index is -1.43. The maximum absolute atomic E-state index is 13.9. The molecule has 1 fully saturated rings. The molecule has 0 aromatic heterocycles. The molecule has 0 radical (unpaired) electrons. The second-order valence-corrected chi connectivity index (χ2v) is 5.29. The van der Waals surface area contributed by atoms with E-state index >= 15 is 0 Å². The van der Waals surface area contributed by atoms with Crippen molar-refractivity contribution >= 4 is 5.97 Å². The lowest BCUT2D eigenvalue weighted by Gasteiger charge is -2.38. The molecule has 3 heteroatoms. The first-order valence-electron chi connectivity index (χ1n) is 5.90. The average molecular weight is 236 g/mol. The van der Waals surface area contributed by atoms with E-state index in [-0.39, 0.29) is 0 Å². The topological polar surface area (TPSA) is 37.3 Å². The van der Waals surface area contributed by atoms with E-state index < -0.39 is 17.1 Å². The van der Waals surface area contributed by atoms with Gasteiger partial charge < -0.3 is 5.11 Å².